The molecule has 1 aromatic carbocycles. The lowest BCUT2D eigenvalue weighted by Crippen LogP contribution is -2.22. The molecule has 4 heteroatoms. The molecule has 0 bridgehead atoms. The van der Waals surface area contributed by atoms with E-state index in [1.54, 1.807) is 6.07 Å². The molecule has 0 atom stereocenters. The van der Waals surface area contributed by atoms with Crippen LogP contribution >= 0.6 is 0 Å². The van der Waals surface area contributed by atoms with Crippen molar-refractivity contribution in [3.8, 4) is 0 Å². The fourth-order valence-corrected chi connectivity index (χ4v) is 1.94. The molecule has 0 fully saturated rings. The van der Waals surface area contributed by atoms with Gasteiger partial charge in [-0.2, -0.15) is 0 Å². The molecule has 1 aromatic rings. The highest BCUT2D eigenvalue weighted by Gasteiger charge is 2.09. The van der Waals surface area contributed by atoms with Gasteiger partial charge in [-0.3, -0.25) is 5.41 Å². The molecule has 0 saturated carbocycles. The van der Waals surface area contributed by atoms with Gasteiger partial charge in [0.25, 0.3) is 0 Å². The van der Waals surface area contributed by atoms with Gasteiger partial charge >= 0.3 is 0 Å². The van der Waals surface area contributed by atoms with Crippen molar-refractivity contribution >= 4 is 5.84 Å². The second-order valence-corrected chi connectivity index (χ2v) is 4.66. The molecule has 0 unspecified atom stereocenters. The van der Waals surface area contributed by atoms with Gasteiger partial charge in [-0.05, 0) is 37.7 Å². The number of nitrogens with two attached hydrogens (primary N) is 1. The summed E-state index contributed by atoms with van der Waals surface area (Å²) in [7, 11) is 2.03. The summed E-state index contributed by atoms with van der Waals surface area (Å²) in [6.07, 6.45) is 3.57. The van der Waals surface area contributed by atoms with Crippen molar-refractivity contribution in [2.24, 2.45) is 5.73 Å². The molecule has 3 nitrogen and oxygen atoms in total. The zero-order valence-corrected chi connectivity index (χ0v) is 11.2. The highest BCUT2D eigenvalue weighted by molar-refractivity contribution is 5.96. The molecule has 3 N–H and O–H groups in total. The second kappa shape index (κ2) is 7.11. The van der Waals surface area contributed by atoms with Crippen LogP contribution < -0.4 is 5.73 Å². The van der Waals surface area contributed by atoms with E-state index in [4.69, 9.17) is 11.1 Å². The maximum atomic E-state index is 13.1. The lowest BCUT2D eigenvalue weighted by atomic mass is 10.1. The lowest BCUT2D eigenvalue weighted by molar-refractivity contribution is 0.318. The predicted molar refractivity (Wildman–Crippen MR) is 73.3 cm³/mol. The molecule has 0 amide bonds. The lowest BCUT2D eigenvalue weighted by Gasteiger charge is -2.18. The first kappa shape index (κ1) is 14.6. The van der Waals surface area contributed by atoms with Crippen LogP contribution in [0.5, 0.6) is 0 Å². The largest absolute Gasteiger partial charge is 0.384 e. The Kier molecular flexibility index (Phi) is 5.78. The second-order valence-electron chi connectivity index (χ2n) is 4.66. The Balaban J connectivity index is 2.68. The standard InChI is InChI=1S/C14H22FN3/c1-3-4-5-8-18(2)10-11-6-7-12(15)9-13(11)14(16)17/h6-7,9H,3-5,8,10H2,1-2H3,(H3,16,17). The summed E-state index contributed by atoms with van der Waals surface area (Å²) < 4.78 is 13.1. The number of nitrogen functional groups attached to an aromatic ring is 1. The van der Waals surface area contributed by atoms with Crippen LogP contribution in [0.1, 0.15) is 37.3 Å². The Labute approximate surface area is 108 Å². The van der Waals surface area contributed by atoms with Gasteiger partial charge in [-0.25, -0.2) is 4.39 Å². The minimum absolute atomic E-state index is 0.0774. The minimum atomic E-state index is -0.349. The van der Waals surface area contributed by atoms with Crippen molar-refractivity contribution in [1.29, 1.82) is 5.41 Å². The molecule has 0 radical (unpaired) electrons. The van der Waals surface area contributed by atoms with Crippen molar-refractivity contribution in [1.82, 2.24) is 4.90 Å². The van der Waals surface area contributed by atoms with E-state index in [-0.39, 0.29) is 11.7 Å². The number of halogens is 1. The summed E-state index contributed by atoms with van der Waals surface area (Å²) in [5.74, 6) is -0.427. The van der Waals surface area contributed by atoms with Crippen LogP contribution in [-0.4, -0.2) is 24.3 Å². The molecule has 0 aliphatic heterocycles. The third-order valence-electron chi connectivity index (χ3n) is 2.95. The quantitative estimate of drug-likeness (QED) is 0.445. The molecular weight excluding hydrogens is 229 g/mol. The first-order chi connectivity index (χ1) is 8.54. The maximum Gasteiger partial charge on any atom is 0.123 e. The van der Waals surface area contributed by atoms with Crippen molar-refractivity contribution in [2.75, 3.05) is 13.6 Å². The van der Waals surface area contributed by atoms with Crippen molar-refractivity contribution in [3.05, 3.63) is 35.1 Å². The number of benzene rings is 1. The molecule has 0 spiro atoms. The molecular formula is C14H22FN3. The van der Waals surface area contributed by atoms with E-state index < -0.39 is 0 Å². The van der Waals surface area contributed by atoms with Crippen LogP contribution in [0.15, 0.2) is 18.2 Å². The Hall–Kier alpha value is -1.42. The highest BCUT2D eigenvalue weighted by atomic mass is 19.1. The van der Waals surface area contributed by atoms with Gasteiger partial charge in [-0.15, -0.1) is 0 Å². The summed E-state index contributed by atoms with van der Waals surface area (Å²) >= 11 is 0. The van der Waals surface area contributed by atoms with Crippen LogP contribution in [0, 0.1) is 11.2 Å². The molecule has 0 saturated heterocycles. The normalized spacial score (nSPS) is 10.9. The molecule has 0 aliphatic carbocycles. The summed E-state index contributed by atoms with van der Waals surface area (Å²) in [6, 6.07) is 4.46. The van der Waals surface area contributed by atoms with E-state index in [1.165, 1.54) is 25.0 Å². The molecule has 100 valence electrons. The third kappa shape index (κ3) is 4.45. The molecule has 0 aromatic heterocycles. The number of rotatable bonds is 7. The van der Waals surface area contributed by atoms with E-state index in [9.17, 15) is 4.39 Å². The van der Waals surface area contributed by atoms with Gasteiger partial charge in [-0.1, -0.05) is 25.8 Å². The van der Waals surface area contributed by atoms with Crippen LogP contribution in [0.2, 0.25) is 0 Å². The Bertz CT molecular complexity index is 404. The van der Waals surface area contributed by atoms with Crippen LogP contribution in [0.3, 0.4) is 0 Å². The zero-order valence-electron chi connectivity index (χ0n) is 11.2. The zero-order chi connectivity index (χ0) is 13.5. The van der Waals surface area contributed by atoms with Gasteiger partial charge in [0.05, 0.1) is 0 Å². The number of nitrogens with one attached hydrogen (secondary N) is 1. The summed E-state index contributed by atoms with van der Waals surface area (Å²) in [5.41, 5.74) is 6.88. The Morgan fingerprint density at radius 2 is 2.11 bits per heavy atom. The summed E-state index contributed by atoms with van der Waals surface area (Å²) in [5, 5.41) is 7.48. The summed E-state index contributed by atoms with van der Waals surface area (Å²) in [4.78, 5) is 2.18. The van der Waals surface area contributed by atoms with Gasteiger partial charge in [0.2, 0.25) is 0 Å². The SMILES string of the molecule is CCCCCN(C)Cc1ccc(F)cc1C(=N)N. The molecule has 0 aliphatic rings. The molecule has 0 heterocycles. The monoisotopic (exact) mass is 251 g/mol. The van der Waals surface area contributed by atoms with E-state index in [0.717, 1.165) is 18.5 Å². The van der Waals surface area contributed by atoms with E-state index >= 15 is 0 Å². The highest BCUT2D eigenvalue weighted by Crippen LogP contribution is 2.13. The molecule has 18 heavy (non-hydrogen) atoms. The number of hydrogen-bond donors (Lipinski definition) is 2. The van der Waals surface area contributed by atoms with Gasteiger partial charge in [0.15, 0.2) is 0 Å². The maximum absolute atomic E-state index is 13.1. The Morgan fingerprint density at radius 1 is 1.39 bits per heavy atom. The average Bonchev–Trinajstić information content (AvgIpc) is 2.31. The third-order valence-corrected chi connectivity index (χ3v) is 2.95. The van der Waals surface area contributed by atoms with Crippen molar-refractivity contribution < 1.29 is 4.39 Å². The number of hydrogen-bond acceptors (Lipinski definition) is 2. The average molecular weight is 251 g/mol. The predicted octanol–water partition coefficient (Wildman–Crippen LogP) is 2.73. The number of amidine groups is 1. The van der Waals surface area contributed by atoms with Crippen molar-refractivity contribution in [3.63, 3.8) is 0 Å². The molecule has 1 rings (SSSR count). The van der Waals surface area contributed by atoms with Gasteiger partial charge in [0, 0.05) is 12.1 Å². The Morgan fingerprint density at radius 3 is 2.72 bits per heavy atom. The topological polar surface area (TPSA) is 53.1 Å². The first-order valence-corrected chi connectivity index (χ1v) is 6.36. The summed E-state index contributed by atoms with van der Waals surface area (Å²) in [6.45, 7) is 3.87. The van der Waals surface area contributed by atoms with E-state index in [0.29, 0.717) is 12.1 Å². The fraction of sp³-hybridized carbons (Fsp3) is 0.500. The fourth-order valence-electron chi connectivity index (χ4n) is 1.94. The number of unbranched alkanes of at least 4 members (excludes halogenated alkanes) is 2. The smallest absolute Gasteiger partial charge is 0.123 e. The van der Waals surface area contributed by atoms with Crippen molar-refractivity contribution in [2.45, 2.75) is 32.7 Å². The minimum Gasteiger partial charge on any atom is -0.384 e. The van der Waals surface area contributed by atoms with E-state index in [2.05, 4.69) is 11.8 Å². The van der Waals surface area contributed by atoms with Crippen LogP contribution in [0.25, 0.3) is 0 Å². The van der Waals surface area contributed by atoms with Gasteiger partial charge < -0.3 is 10.6 Å². The van der Waals surface area contributed by atoms with Crippen LogP contribution in [-0.2, 0) is 6.54 Å². The number of nitrogens with zero attached hydrogens (tertiary/aromatic N) is 1. The van der Waals surface area contributed by atoms with E-state index in [1.807, 2.05) is 7.05 Å². The van der Waals surface area contributed by atoms with Gasteiger partial charge in [0.1, 0.15) is 11.7 Å². The van der Waals surface area contributed by atoms with Crippen LogP contribution in [0.4, 0.5) is 4.39 Å². The first-order valence-electron chi connectivity index (χ1n) is 6.36.